The fourth-order valence-electron chi connectivity index (χ4n) is 8.21. The van der Waals surface area contributed by atoms with Crippen molar-refractivity contribution < 1.29 is 0 Å². The molecule has 0 radical (unpaired) electrons. The van der Waals surface area contributed by atoms with E-state index in [0.29, 0.717) is 0 Å². The first-order chi connectivity index (χ1) is 21.8. The summed E-state index contributed by atoms with van der Waals surface area (Å²) in [7, 11) is 0. The molecule has 0 saturated carbocycles. The Morgan fingerprint density at radius 3 is 1.64 bits per heavy atom. The van der Waals surface area contributed by atoms with Crippen molar-refractivity contribution in [3.05, 3.63) is 161 Å². The molecule has 3 aliphatic rings. The van der Waals surface area contributed by atoms with Gasteiger partial charge in [0.05, 0.1) is 11.4 Å². The maximum Gasteiger partial charge on any atom is 0.0534 e. The van der Waals surface area contributed by atoms with E-state index in [1.807, 2.05) is 0 Å². The Bertz CT molecular complexity index is 2230. The number of para-hydroxylation sites is 1. The zero-order valence-corrected chi connectivity index (χ0v) is 26.2. The van der Waals surface area contributed by atoms with Crippen molar-refractivity contribution in [1.29, 1.82) is 0 Å². The van der Waals surface area contributed by atoms with Gasteiger partial charge in [-0.3, -0.25) is 0 Å². The largest absolute Gasteiger partial charge is 0.309 e. The molecular formula is C44H35N. The molecule has 1 heterocycles. The SMILES string of the molecule is CC1(C)c2ccccc2-c2ccc(-c3ccc4c(c3)C=Cc3ccccc3N4c3ccc4c(c3)C(C)(C)c3ccccc3-4)cc21. The van der Waals surface area contributed by atoms with E-state index in [2.05, 4.69) is 172 Å². The van der Waals surface area contributed by atoms with Gasteiger partial charge < -0.3 is 4.90 Å². The van der Waals surface area contributed by atoms with Crippen LogP contribution in [0.2, 0.25) is 0 Å². The van der Waals surface area contributed by atoms with Crippen LogP contribution in [0, 0.1) is 0 Å². The average Bonchev–Trinajstić information content (AvgIpc) is 3.35. The third-order valence-electron chi connectivity index (χ3n) is 10.6. The highest BCUT2D eigenvalue weighted by molar-refractivity contribution is 5.96. The quantitative estimate of drug-likeness (QED) is 0.198. The van der Waals surface area contributed by atoms with Gasteiger partial charge in [0.2, 0.25) is 0 Å². The van der Waals surface area contributed by atoms with E-state index in [9.17, 15) is 0 Å². The van der Waals surface area contributed by atoms with Crippen molar-refractivity contribution in [2.24, 2.45) is 0 Å². The predicted octanol–water partition coefficient (Wildman–Crippen LogP) is 11.9. The second-order valence-corrected chi connectivity index (χ2v) is 13.8. The molecule has 45 heavy (non-hydrogen) atoms. The lowest BCUT2D eigenvalue weighted by atomic mass is 9.81. The van der Waals surface area contributed by atoms with E-state index in [1.165, 1.54) is 83.8 Å². The molecule has 0 spiro atoms. The molecule has 0 unspecified atom stereocenters. The van der Waals surface area contributed by atoms with Gasteiger partial charge in [0.15, 0.2) is 0 Å². The molecule has 6 aromatic carbocycles. The Hall–Kier alpha value is -5.14. The molecule has 1 aliphatic heterocycles. The van der Waals surface area contributed by atoms with Crippen molar-refractivity contribution >= 4 is 29.2 Å². The predicted molar refractivity (Wildman–Crippen MR) is 191 cm³/mol. The lowest BCUT2D eigenvalue weighted by molar-refractivity contribution is 0.660. The first-order valence-electron chi connectivity index (χ1n) is 16.0. The molecule has 1 nitrogen and oxygen atoms in total. The topological polar surface area (TPSA) is 3.24 Å². The second-order valence-electron chi connectivity index (χ2n) is 13.8. The van der Waals surface area contributed by atoms with Crippen molar-refractivity contribution in [1.82, 2.24) is 0 Å². The normalized spacial score (nSPS) is 15.8. The maximum absolute atomic E-state index is 2.45. The molecule has 0 saturated heterocycles. The molecule has 0 aromatic heterocycles. The van der Waals surface area contributed by atoms with E-state index < -0.39 is 0 Å². The van der Waals surface area contributed by atoms with E-state index in [4.69, 9.17) is 0 Å². The molecular weight excluding hydrogens is 542 g/mol. The molecule has 0 fully saturated rings. The van der Waals surface area contributed by atoms with Gasteiger partial charge in [-0.2, -0.15) is 0 Å². The smallest absolute Gasteiger partial charge is 0.0534 e. The van der Waals surface area contributed by atoms with Gasteiger partial charge in [-0.25, -0.2) is 0 Å². The number of anilines is 3. The van der Waals surface area contributed by atoms with Crippen LogP contribution < -0.4 is 4.90 Å². The summed E-state index contributed by atoms with van der Waals surface area (Å²) in [6.07, 6.45) is 4.56. The third-order valence-corrected chi connectivity index (χ3v) is 10.6. The Morgan fingerprint density at radius 2 is 0.911 bits per heavy atom. The zero-order valence-electron chi connectivity index (χ0n) is 26.2. The molecule has 9 rings (SSSR count). The summed E-state index contributed by atoms with van der Waals surface area (Å²) >= 11 is 0. The second kappa shape index (κ2) is 9.19. The van der Waals surface area contributed by atoms with Crippen molar-refractivity contribution in [3.8, 4) is 33.4 Å². The average molecular weight is 578 g/mol. The summed E-state index contributed by atoms with van der Waals surface area (Å²) in [5.74, 6) is 0. The summed E-state index contributed by atoms with van der Waals surface area (Å²) < 4.78 is 0. The highest BCUT2D eigenvalue weighted by atomic mass is 15.1. The first-order valence-corrected chi connectivity index (χ1v) is 16.0. The van der Waals surface area contributed by atoms with Crippen molar-refractivity contribution in [2.75, 3.05) is 4.90 Å². The van der Waals surface area contributed by atoms with E-state index in [1.54, 1.807) is 0 Å². The number of benzene rings is 6. The lowest BCUT2D eigenvalue weighted by Crippen LogP contribution is -2.17. The summed E-state index contributed by atoms with van der Waals surface area (Å²) in [6.45, 7) is 9.42. The van der Waals surface area contributed by atoms with Gasteiger partial charge in [-0.15, -0.1) is 0 Å². The highest BCUT2D eigenvalue weighted by Gasteiger charge is 2.37. The van der Waals surface area contributed by atoms with Crippen molar-refractivity contribution in [2.45, 2.75) is 38.5 Å². The first kappa shape index (κ1) is 26.3. The Labute approximate surface area is 266 Å². The molecule has 0 bridgehead atoms. The van der Waals surface area contributed by atoms with Gasteiger partial charge in [0, 0.05) is 16.5 Å². The van der Waals surface area contributed by atoms with Crippen LogP contribution in [0.5, 0.6) is 0 Å². The summed E-state index contributed by atoms with van der Waals surface area (Å²) in [4.78, 5) is 2.45. The molecule has 0 atom stereocenters. The van der Waals surface area contributed by atoms with Gasteiger partial charge >= 0.3 is 0 Å². The highest BCUT2D eigenvalue weighted by Crippen LogP contribution is 2.52. The van der Waals surface area contributed by atoms with Crippen LogP contribution in [0.4, 0.5) is 17.1 Å². The van der Waals surface area contributed by atoms with Gasteiger partial charge in [-0.05, 0) is 103 Å². The van der Waals surface area contributed by atoms with Crippen LogP contribution in [0.3, 0.4) is 0 Å². The Morgan fingerprint density at radius 1 is 0.400 bits per heavy atom. The zero-order chi connectivity index (χ0) is 30.5. The maximum atomic E-state index is 2.45. The number of hydrogen-bond acceptors (Lipinski definition) is 1. The number of fused-ring (bicyclic) bond motifs is 8. The van der Waals surface area contributed by atoms with Crippen LogP contribution in [-0.4, -0.2) is 0 Å². The monoisotopic (exact) mass is 577 g/mol. The Kier molecular flexibility index (Phi) is 5.37. The van der Waals surface area contributed by atoms with E-state index >= 15 is 0 Å². The molecule has 0 amide bonds. The minimum absolute atomic E-state index is 0.0209. The lowest BCUT2D eigenvalue weighted by Gasteiger charge is -2.29. The number of rotatable bonds is 2. The molecule has 1 heteroatoms. The molecule has 216 valence electrons. The molecule has 6 aromatic rings. The minimum Gasteiger partial charge on any atom is -0.309 e. The summed E-state index contributed by atoms with van der Waals surface area (Å²) in [5, 5.41) is 0. The van der Waals surface area contributed by atoms with Crippen LogP contribution >= 0.6 is 0 Å². The fourth-order valence-corrected chi connectivity index (χ4v) is 8.21. The van der Waals surface area contributed by atoms with E-state index in [0.717, 1.165) is 0 Å². The summed E-state index contributed by atoms with van der Waals surface area (Å²) in [5.41, 5.74) is 19.5. The van der Waals surface area contributed by atoms with Crippen LogP contribution in [0.15, 0.2) is 127 Å². The van der Waals surface area contributed by atoms with Gasteiger partial charge in [0.25, 0.3) is 0 Å². The number of hydrogen-bond donors (Lipinski definition) is 0. The van der Waals surface area contributed by atoms with Gasteiger partial charge in [0.1, 0.15) is 0 Å². The molecule has 0 N–H and O–H groups in total. The fraction of sp³-hybridized carbons (Fsp3) is 0.136. The third kappa shape index (κ3) is 3.68. The minimum atomic E-state index is -0.0563. The Balaban J connectivity index is 1.18. The van der Waals surface area contributed by atoms with Gasteiger partial charge in [-0.1, -0.05) is 131 Å². The van der Waals surface area contributed by atoms with E-state index in [-0.39, 0.29) is 10.8 Å². The number of nitrogens with zero attached hydrogens (tertiary/aromatic N) is 1. The standard InChI is InChI=1S/C44H35N/c1-43(2)37-14-8-6-12-33(37)35-22-19-30(26-39(35)43)29-20-24-42-31(25-29)18-17-28-11-5-10-16-41(28)45(42)32-21-23-36-34-13-7-9-15-38(34)44(3,4)40(36)27-32/h5-27H,1-4H3. The van der Waals surface area contributed by atoms with Crippen LogP contribution in [0.1, 0.15) is 61.1 Å². The summed E-state index contributed by atoms with van der Waals surface area (Å²) in [6, 6.07) is 47.6. The van der Waals surface area contributed by atoms with Crippen molar-refractivity contribution in [3.63, 3.8) is 0 Å². The molecule has 2 aliphatic carbocycles. The van der Waals surface area contributed by atoms with Crippen LogP contribution in [-0.2, 0) is 10.8 Å². The van der Waals surface area contributed by atoms with Crippen LogP contribution in [0.25, 0.3) is 45.5 Å².